The topological polar surface area (TPSA) is 72.2 Å². The molecule has 2 aromatic rings. The molecular weight excluding hydrogens is 251 g/mol. The van der Waals surface area contributed by atoms with Gasteiger partial charge in [-0.1, -0.05) is 0 Å². The summed E-state index contributed by atoms with van der Waals surface area (Å²) in [5.74, 6) is -1.81. The van der Waals surface area contributed by atoms with Gasteiger partial charge in [-0.15, -0.1) is 0 Å². The quantitative estimate of drug-likeness (QED) is 0.893. The zero-order valence-corrected chi connectivity index (χ0v) is 10.3. The van der Waals surface area contributed by atoms with E-state index in [1.807, 2.05) is 0 Å². The van der Waals surface area contributed by atoms with E-state index in [4.69, 9.17) is 5.11 Å². The van der Waals surface area contributed by atoms with Crippen LogP contribution in [0.25, 0.3) is 5.69 Å². The first-order valence-corrected chi connectivity index (χ1v) is 5.50. The van der Waals surface area contributed by atoms with Gasteiger partial charge in [-0.3, -0.25) is 9.36 Å². The van der Waals surface area contributed by atoms with Crippen LogP contribution >= 0.6 is 0 Å². The van der Waals surface area contributed by atoms with Gasteiger partial charge in [-0.2, -0.15) is 0 Å². The van der Waals surface area contributed by atoms with Crippen LogP contribution in [0.4, 0.5) is 4.39 Å². The Labute approximate surface area is 108 Å². The van der Waals surface area contributed by atoms with Crippen LogP contribution < -0.4 is 5.56 Å². The lowest BCUT2D eigenvalue weighted by Crippen LogP contribution is -2.28. The average molecular weight is 262 g/mol. The molecule has 0 aliphatic carbocycles. The van der Waals surface area contributed by atoms with Crippen molar-refractivity contribution >= 4 is 5.97 Å². The highest BCUT2D eigenvalue weighted by atomic mass is 19.1. The van der Waals surface area contributed by atoms with Gasteiger partial charge < -0.3 is 5.11 Å². The molecule has 1 aromatic heterocycles. The Balaban J connectivity index is 2.78. The third kappa shape index (κ3) is 2.24. The summed E-state index contributed by atoms with van der Waals surface area (Å²) in [7, 11) is 0. The van der Waals surface area contributed by atoms with Gasteiger partial charge in [0, 0.05) is 11.9 Å². The molecule has 98 valence electrons. The van der Waals surface area contributed by atoms with Crippen LogP contribution in [0.1, 0.15) is 21.7 Å². The molecule has 19 heavy (non-hydrogen) atoms. The number of nitrogens with zero attached hydrogens (tertiary/aromatic N) is 2. The fourth-order valence-electron chi connectivity index (χ4n) is 1.85. The summed E-state index contributed by atoms with van der Waals surface area (Å²) >= 11 is 0. The van der Waals surface area contributed by atoms with E-state index in [2.05, 4.69) is 4.98 Å². The molecule has 1 aromatic carbocycles. The molecule has 0 aliphatic rings. The second-order valence-electron chi connectivity index (χ2n) is 4.12. The van der Waals surface area contributed by atoms with Gasteiger partial charge >= 0.3 is 5.97 Å². The maximum absolute atomic E-state index is 13.1. The van der Waals surface area contributed by atoms with Gasteiger partial charge in [0.2, 0.25) is 5.69 Å². The lowest BCUT2D eigenvalue weighted by molar-refractivity contribution is 0.0688. The second-order valence-corrected chi connectivity index (χ2v) is 4.12. The van der Waals surface area contributed by atoms with E-state index >= 15 is 0 Å². The van der Waals surface area contributed by atoms with Gasteiger partial charge in [0.05, 0.1) is 5.69 Å². The maximum atomic E-state index is 13.1. The fourth-order valence-corrected chi connectivity index (χ4v) is 1.85. The molecule has 2 rings (SSSR count). The van der Waals surface area contributed by atoms with E-state index < -0.39 is 23.0 Å². The third-order valence-electron chi connectivity index (χ3n) is 2.74. The Morgan fingerprint density at radius 3 is 2.63 bits per heavy atom. The molecule has 0 saturated carbocycles. The van der Waals surface area contributed by atoms with Crippen molar-refractivity contribution in [2.75, 3.05) is 0 Å². The summed E-state index contributed by atoms with van der Waals surface area (Å²) in [6.07, 6.45) is 1.30. The molecule has 1 heterocycles. The molecule has 0 fully saturated rings. The first-order valence-electron chi connectivity index (χ1n) is 5.50. The van der Waals surface area contributed by atoms with Crippen LogP contribution in [0, 0.1) is 19.7 Å². The summed E-state index contributed by atoms with van der Waals surface area (Å²) in [4.78, 5) is 26.6. The van der Waals surface area contributed by atoms with Crippen LogP contribution in [-0.2, 0) is 0 Å². The van der Waals surface area contributed by atoms with Crippen molar-refractivity contribution in [3.05, 3.63) is 57.5 Å². The minimum atomic E-state index is -1.39. The van der Waals surface area contributed by atoms with E-state index in [0.717, 1.165) is 0 Å². The Kier molecular flexibility index (Phi) is 3.16. The van der Waals surface area contributed by atoms with Gasteiger partial charge in [0.15, 0.2) is 0 Å². The largest absolute Gasteiger partial charge is 0.476 e. The summed E-state index contributed by atoms with van der Waals surface area (Å²) in [5, 5.41) is 8.91. The summed E-state index contributed by atoms with van der Waals surface area (Å²) < 4.78 is 14.3. The standard InChI is InChI=1S/C13H11FN2O3/c1-7-5-9(14)3-4-10(7)16-8(2)6-15-11(12(16)17)13(18)19/h3-6H,1-2H3,(H,18,19). The minimum absolute atomic E-state index is 0.417. The lowest BCUT2D eigenvalue weighted by Gasteiger charge is -2.12. The van der Waals surface area contributed by atoms with Crippen molar-refractivity contribution in [3.63, 3.8) is 0 Å². The molecule has 0 atom stereocenters. The predicted octanol–water partition coefficient (Wildman–Crippen LogP) is 1.69. The minimum Gasteiger partial charge on any atom is -0.476 e. The van der Waals surface area contributed by atoms with Crippen molar-refractivity contribution in [1.82, 2.24) is 9.55 Å². The predicted molar refractivity (Wildman–Crippen MR) is 66.2 cm³/mol. The molecule has 0 amide bonds. The Morgan fingerprint density at radius 2 is 2.05 bits per heavy atom. The number of halogens is 1. The average Bonchev–Trinajstić information content (AvgIpc) is 2.31. The molecular formula is C13H11FN2O3. The molecule has 0 saturated heterocycles. The number of rotatable bonds is 2. The van der Waals surface area contributed by atoms with E-state index in [0.29, 0.717) is 16.9 Å². The molecule has 0 spiro atoms. The number of aromatic nitrogens is 2. The number of aryl methyl sites for hydroxylation is 2. The van der Waals surface area contributed by atoms with Crippen molar-refractivity contribution in [1.29, 1.82) is 0 Å². The van der Waals surface area contributed by atoms with Crippen LogP contribution in [0.15, 0.2) is 29.2 Å². The normalized spacial score (nSPS) is 10.5. The highest BCUT2D eigenvalue weighted by Gasteiger charge is 2.16. The van der Waals surface area contributed by atoms with Gasteiger partial charge in [-0.05, 0) is 37.6 Å². The maximum Gasteiger partial charge on any atom is 0.360 e. The number of carbonyl (C=O) groups is 1. The summed E-state index contributed by atoms with van der Waals surface area (Å²) in [5.41, 5.74) is 0.155. The molecule has 6 heteroatoms. The first kappa shape index (κ1) is 12.9. The zero-order chi connectivity index (χ0) is 14.2. The molecule has 0 bridgehead atoms. The van der Waals surface area contributed by atoms with E-state index in [-0.39, 0.29) is 0 Å². The third-order valence-corrected chi connectivity index (χ3v) is 2.74. The molecule has 1 N–H and O–H groups in total. The van der Waals surface area contributed by atoms with E-state index in [1.54, 1.807) is 13.8 Å². The first-order chi connectivity index (χ1) is 8.91. The van der Waals surface area contributed by atoms with E-state index in [9.17, 15) is 14.0 Å². The lowest BCUT2D eigenvalue weighted by atomic mass is 10.2. The van der Waals surface area contributed by atoms with Gasteiger partial charge in [0.1, 0.15) is 5.82 Å². The van der Waals surface area contributed by atoms with Crippen molar-refractivity contribution in [3.8, 4) is 5.69 Å². The van der Waals surface area contributed by atoms with Crippen LogP contribution in [0.2, 0.25) is 0 Å². The van der Waals surface area contributed by atoms with Crippen LogP contribution in [0.3, 0.4) is 0 Å². The van der Waals surface area contributed by atoms with Crippen molar-refractivity contribution in [2.45, 2.75) is 13.8 Å². The molecule has 0 radical (unpaired) electrons. The van der Waals surface area contributed by atoms with Crippen LogP contribution in [0.5, 0.6) is 0 Å². The van der Waals surface area contributed by atoms with Gasteiger partial charge in [-0.25, -0.2) is 14.2 Å². The number of benzene rings is 1. The number of carboxylic acids is 1. The SMILES string of the molecule is Cc1cc(F)ccc1-n1c(C)cnc(C(=O)O)c1=O. The highest BCUT2D eigenvalue weighted by Crippen LogP contribution is 2.15. The second kappa shape index (κ2) is 4.64. The van der Waals surface area contributed by atoms with Crippen molar-refractivity contribution < 1.29 is 14.3 Å². The molecule has 0 unspecified atom stereocenters. The Hall–Kier alpha value is -2.50. The van der Waals surface area contributed by atoms with Gasteiger partial charge in [0.25, 0.3) is 5.56 Å². The molecule has 5 nitrogen and oxygen atoms in total. The summed E-state index contributed by atoms with van der Waals surface area (Å²) in [6.45, 7) is 3.27. The smallest absolute Gasteiger partial charge is 0.360 e. The van der Waals surface area contributed by atoms with Crippen LogP contribution in [-0.4, -0.2) is 20.6 Å². The highest BCUT2D eigenvalue weighted by molar-refractivity contribution is 5.84. The zero-order valence-electron chi connectivity index (χ0n) is 10.3. The fraction of sp³-hybridized carbons (Fsp3) is 0.154. The number of hydrogen-bond donors (Lipinski definition) is 1. The summed E-state index contributed by atoms with van der Waals surface area (Å²) in [6, 6.07) is 3.93. The Morgan fingerprint density at radius 1 is 1.37 bits per heavy atom. The van der Waals surface area contributed by atoms with Crippen molar-refractivity contribution in [2.24, 2.45) is 0 Å². The van der Waals surface area contributed by atoms with E-state index in [1.165, 1.54) is 29.0 Å². The number of carboxylic acid groups (broad SMARTS) is 1. The molecule has 0 aliphatic heterocycles. The Bertz CT molecular complexity index is 722. The number of aromatic carboxylic acids is 1. The number of hydrogen-bond acceptors (Lipinski definition) is 3. The monoisotopic (exact) mass is 262 g/mol.